The van der Waals surface area contributed by atoms with Crippen LogP contribution in [0.15, 0.2) is 78.0 Å². The average molecular weight is 431 g/mol. The number of nitrogens with zero attached hydrogens (tertiary/aromatic N) is 2. The second-order valence-electron chi connectivity index (χ2n) is 6.69. The van der Waals surface area contributed by atoms with E-state index >= 15 is 0 Å². The molecule has 0 unspecified atom stereocenters. The van der Waals surface area contributed by atoms with Crippen molar-refractivity contribution in [1.82, 2.24) is 9.38 Å². The summed E-state index contributed by atoms with van der Waals surface area (Å²) < 4.78 is 69.7. The maximum absolute atomic E-state index is 13.3. The number of imidazole rings is 1. The van der Waals surface area contributed by atoms with Gasteiger partial charge in [-0.05, 0) is 36.8 Å². The van der Waals surface area contributed by atoms with Gasteiger partial charge in [-0.3, -0.25) is 4.72 Å². The lowest BCUT2D eigenvalue weighted by atomic mass is 10.1. The van der Waals surface area contributed by atoms with Crippen LogP contribution in [-0.2, 0) is 16.2 Å². The number of alkyl halides is 3. The van der Waals surface area contributed by atoms with E-state index in [1.807, 2.05) is 25.3 Å². The highest BCUT2D eigenvalue weighted by Gasteiger charge is 2.37. The van der Waals surface area contributed by atoms with Gasteiger partial charge in [-0.2, -0.15) is 13.2 Å². The lowest BCUT2D eigenvalue weighted by Gasteiger charge is -2.15. The fourth-order valence-corrected chi connectivity index (χ4v) is 4.52. The molecule has 0 fully saturated rings. The van der Waals surface area contributed by atoms with Crippen molar-refractivity contribution in [3.63, 3.8) is 0 Å². The van der Waals surface area contributed by atoms with Crippen molar-refractivity contribution in [2.45, 2.75) is 18.0 Å². The molecule has 0 spiro atoms. The minimum absolute atomic E-state index is 0.135. The fraction of sp³-hybridized carbons (Fsp3) is 0.0952. The number of hydrogen-bond acceptors (Lipinski definition) is 3. The van der Waals surface area contributed by atoms with Crippen molar-refractivity contribution in [1.29, 1.82) is 0 Å². The molecule has 5 nitrogen and oxygen atoms in total. The van der Waals surface area contributed by atoms with Crippen LogP contribution in [0.3, 0.4) is 0 Å². The molecular weight excluding hydrogens is 415 g/mol. The van der Waals surface area contributed by atoms with Crippen molar-refractivity contribution >= 4 is 21.4 Å². The van der Waals surface area contributed by atoms with E-state index in [2.05, 4.69) is 9.71 Å². The van der Waals surface area contributed by atoms with Crippen LogP contribution in [0, 0.1) is 6.92 Å². The van der Waals surface area contributed by atoms with Crippen molar-refractivity contribution in [2.75, 3.05) is 4.72 Å². The highest BCUT2D eigenvalue weighted by Crippen LogP contribution is 2.36. The SMILES string of the molecule is Cc1cccn2cc(-c3ccccc3NS(=O)(=O)c3ccccc3C(F)(F)F)nc12. The lowest BCUT2D eigenvalue weighted by molar-refractivity contribution is -0.139. The molecule has 30 heavy (non-hydrogen) atoms. The number of aromatic nitrogens is 2. The molecule has 2 aromatic carbocycles. The predicted molar refractivity (Wildman–Crippen MR) is 108 cm³/mol. The van der Waals surface area contributed by atoms with Gasteiger partial charge in [-0.25, -0.2) is 13.4 Å². The van der Waals surface area contributed by atoms with E-state index in [1.54, 1.807) is 28.8 Å². The standard InChI is InChI=1S/C21H16F3N3O2S/c1-14-7-6-12-27-13-18(25-20(14)27)15-8-2-4-10-17(15)26-30(28,29)19-11-5-3-9-16(19)21(22,23)24/h2-13,26H,1H3. The largest absolute Gasteiger partial charge is 0.417 e. The molecule has 0 atom stereocenters. The molecule has 4 aromatic rings. The van der Waals surface area contributed by atoms with Crippen LogP contribution in [-0.4, -0.2) is 17.8 Å². The van der Waals surface area contributed by atoms with E-state index in [0.29, 0.717) is 16.9 Å². The van der Waals surface area contributed by atoms with Gasteiger partial charge in [0.2, 0.25) is 0 Å². The molecule has 2 aromatic heterocycles. The van der Waals surface area contributed by atoms with Crippen LogP contribution in [0.5, 0.6) is 0 Å². The molecule has 0 aliphatic carbocycles. The van der Waals surface area contributed by atoms with Gasteiger partial charge in [-0.1, -0.05) is 36.4 Å². The summed E-state index contributed by atoms with van der Waals surface area (Å²) in [4.78, 5) is 3.72. The van der Waals surface area contributed by atoms with E-state index in [0.717, 1.165) is 23.8 Å². The Hall–Kier alpha value is -3.33. The predicted octanol–water partition coefficient (Wildman–Crippen LogP) is 5.13. The monoisotopic (exact) mass is 431 g/mol. The van der Waals surface area contributed by atoms with E-state index in [-0.39, 0.29) is 5.69 Å². The van der Waals surface area contributed by atoms with Crippen molar-refractivity contribution < 1.29 is 21.6 Å². The molecule has 4 rings (SSSR count). The van der Waals surface area contributed by atoms with Crippen LogP contribution in [0.4, 0.5) is 18.9 Å². The minimum atomic E-state index is -4.80. The molecule has 0 radical (unpaired) electrons. The first-order valence-corrected chi connectivity index (χ1v) is 10.4. The van der Waals surface area contributed by atoms with E-state index in [9.17, 15) is 21.6 Å². The summed E-state index contributed by atoms with van der Waals surface area (Å²) in [5.41, 5.74) is 1.49. The Bertz CT molecular complexity index is 1350. The summed E-state index contributed by atoms with van der Waals surface area (Å²) in [6, 6.07) is 14.3. The van der Waals surface area contributed by atoms with Gasteiger partial charge in [0.25, 0.3) is 10.0 Å². The Morgan fingerprint density at radius 3 is 2.40 bits per heavy atom. The van der Waals surface area contributed by atoms with Gasteiger partial charge in [0.1, 0.15) is 5.65 Å². The summed E-state index contributed by atoms with van der Waals surface area (Å²) in [6.45, 7) is 1.90. The highest BCUT2D eigenvalue weighted by molar-refractivity contribution is 7.92. The highest BCUT2D eigenvalue weighted by atomic mass is 32.2. The summed E-state index contributed by atoms with van der Waals surface area (Å²) in [5, 5.41) is 0. The Kier molecular flexibility index (Phi) is 4.77. The molecule has 154 valence electrons. The number of halogens is 3. The Balaban J connectivity index is 1.79. The van der Waals surface area contributed by atoms with E-state index < -0.39 is 26.7 Å². The van der Waals surface area contributed by atoms with Crippen LogP contribution in [0.2, 0.25) is 0 Å². The number of sulfonamides is 1. The average Bonchev–Trinajstić information content (AvgIpc) is 3.13. The zero-order valence-corrected chi connectivity index (χ0v) is 16.5. The number of anilines is 1. The van der Waals surface area contributed by atoms with E-state index in [1.165, 1.54) is 12.1 Å². The fourth-order valence-electron chi connectivity index (χ4n) is 3.21. The maximum atomic E-state index is 13.3. The molecular formula is C21H16F3N3O2S. The third-order valence-corrected chi connectivity index (χ3v) is 6.03. The van der Waals surface area contributed by atoms with Crippen LogP contribution in [0.25, 0.3) is 16.9 Å². The zero-order valence-electron chi connectivity index (χ0n) is 15.7. The first-order valence-electron chi connectivity index (χ1n) is 8.89. The molecule has 0 aliphatic heterocycles. The number of para-hydroxylation sites is 1. The summed E-state index contributed by atoms with van der Waals surface area (Å²) in [7, 11) is -4.50. The van der Waals surface area contributed by atoms with E-state index in [4.69, 9.17) is 0 Å². The van der Waals surface area contributed by atoms with Gasteiger partial charge < -0.3 is 4.40 Å². The van der Waals surface area contributed by atoms with Crippen LogP contribution >= 0.6 is 0 Å². The summed E-state index contributed by atoms with van der Waals surface area (Å²) >= 11 is 0. The molecule has 2 heterocycles. The van der Waals surface area contributed by atoms with Crippen molar-refractivity contribution in [2.24, 2.45) is 0 Å². The second-order valence-corrected chi connectivity index (χ2v) is 8.34. The molecule has 1 N–H and O–H groups in total. The number of rotatable bonds is 4. The molecule has 9 heteroatoms. The Morgan fingerprint density at radius 1 is 0.967 bits per heavy atom. The Labute approximate surface area is 170 Å². The third-order valence-electron chi connectivity index (χ3n) is 4.61. The number of aryl methyl sites for hydroxylation is 1. The Morgan fingerprint density at radius 2 is 1.67 bits per heavy atom. The molecule has 0 bridgehead atoms. The molecule has 0 saturated carbocycles. The van der Waals surface area contributed by atoms with Gasteiger partial charge >= 0.3 is 6.18 Å². The van der Waals surface area contributed by atoms with Crippen molar-refractivity contribution in [3.8, 4) is 11.3 Å². The smallest absolute Gasteiger partial charge is 0.306 e. The first-order chi connectivity index (χ1) is 14.2. The number of fused-ring (bicyclic) bond motifs is 1. The number of benzene rings is 2. The first kappa shape index (κ1) is 20.0. The van der Waals surface area contributed by atoms with Gasteiger partial charge in [0, 0.05) is 18.0 Å². The second kappa shape index (κ2) is 7.17. The number of pyridine rings is 1. The molecule has 0 amide bonds. The van der Waals surface area contributed by atoms with Crippen LogP contribution in [0.1, 0.15) is 11.1 Å². The minimum Gasteiger partial charge on any atom is -0.306 e. The van der Waals surface area contributed by atoms with Crippen molar-refractivity contribution in [3.05, 3.63) is 84.2 Å². The lowest BCUT2D eigenvalue weighted by Crippen LogP contribution is -2.19. The normalized spacial score (nSPS) is 12.3. The van der Waals surface area contributed by atoms with Crippen LogP contribution < -0.4 is 4.72 Å². The zero-order chi connectivity index (χ0) is 21.5. The quantitative estimate of drug-likeness (QED) is 0.487. The van der Waals surface area contributed by atoms with Gasteiger partial charge in [-0.15, -0.1) is 0 Å². The van der Waals surface area contributed by atoms with Gasteiger partial charge in [0.15, 0.2) is 0 Å². The maximum Gasteiger partial charge on any atom is 0.417 e. The molecule has 0 saturated heterocycles. The number of nitrogens with one attached hydrogen (secondary N) is 1. The topological polar surface area (TPSA) is 63.5 Å². The van der Waals surface area contributed by atoms with Gasteiger partial charge in [0.05, 0.1) is 21.8 Å². The summed E-state index contributed by atoms with van der Waals surface area (Å²) in [5.74, 6) is 0. The summed E-state index contributed by atoms with van der Waals surface area (Å²) in [6.07, 6.45) is -1.26. The third kappa shape index (κ3) is 3.63. The molecule has 0 aliphatic rings. The number of hydrogen-bond donors (Lipinski definition) is 1.